The van der Waals surface area contributed by atoms with Gasteiger partial charge in [0.1, 0.15) is 5.82 Å². The molecule has 9 nitrogen and oxygen atoms in total. The number of rotatable bonds is 5. The number of nitrogens with zero attached hydrogens (tertiary/aromatic N) is 4. The maximum absolute atomic E-state index is 13.3. The first kappa shape index (κ1) is 21.9. The SMILES string of the molecule is Cc1nc(-c2cc(S(=O)(=O)N3CCC[C@@H](C(=O)Nc4ccc(Cl)cn4)C3)c(C)s2)no1. The fourth-order valence-corrected chi connectivity index (χ4v) is 6.54. The average Bonchev–Trinajstić information content (AvgIpc) is 3.35. The summed E-state index contributed by atoms with van der Waals surface area (Å²) in [5.74, 6) is 0.408. The minimum absolute atomic E-state index is 0.105. The van der Waals surface area contributed by atoms with Crippen molar-refractivity contribution in [3.8, 4) is 10.7 Å². The van der Waals surface area contributed by atoms with Gasteiger partial charge >= 0.3 is 0 Å². The highest BCUT2D eigenvalue weighted by Crippen LogP contribution is 2.35. The van der Waals surface area contributed by atoms with Crippen LogP contribution < -0.4 is 5.32 Å². The summed E-state index contributed by atoms with van der Waals surface area (Å²) in [5.41, 5.74) is 0. The number of halogens is 1. The predicted octanol–water partition coefficient (Wildman–Crippen LogP) is 3.50. The number of aryl methyl sites for hydroxylation is 2. The summed E-state index contributed by atoms with van der Waals surface area (Å²) < 4.78 is 33.0. The van der Waals surface area contributed by atoms with Gasteiger partial charge in [0, 0.05) is 31.1 Å². The van der Waals surface area contributed by atoms with Crippen molar-refractivity contribution in [3.63, 3.8) is 0 Å². The van der Waals surface area contributed by atoms with Crippen molar-refractivity contribution in [1.29, 1.82) is 0 Å². The Labute approximate surface area is 188 Å². The van der Waals surface area contributed by atoms with Crippen LogP contribution in [0.2, 0.25) is 5.02 Å². The van der Waals surface area contributed by atoms with E-state index in [4.69, 9.17) is 16.1 Å². The molecular weight excluding hydrogens is 462 g/mol. The van der Waals surface area contributed by atoms with Gasteiger partial charge in [-0.25, -0.2) is 13.4 Å². The molecule has 0 bridgehead atoms. The Balaban J connectivity index is 1.51. The molecule has 31 heavy (non-hydrogen) atoms. The van der Waals surface area contributed by atoms with Crippen LogP contribution in [0.15, 0.2) is 33.8 Å². The molecule has 0 aliphatic carbocycles. The van der Waals surface area contributed by atoms with Crippen molar-refractivity contribution >= 4 is 44.7 Å². The lowest BCUT2D eigenvalue weighted by molar-refractivity contribution is -0.120. The van der Waals surface area contributed by atoms with Gasteiger partial charge in [-0.3, -0.25) is 4.79 Å². The molecule has 1 aliphatic rings. The van der Waals surface area contributed by atoms with Gasteiger partial charge in [0.05, 0.1) is 20.7 Å². The molecule has 1 fully saturated rings. The van der Waals surface area contributed by atoms with Gasteiger partial charge < -0.3 is 9.84 Å². The van der Waals surface area contributed by atoms with E-state index in [0.29, 0.717) is 51.7 Å². The summed E-state index contributed by atoms with van der Waals surface area (Å²) >= 11 is 7.11. The molecule has 0 saturated carbocycles. The molecule has 164 valence electrons. The van der Waals surface area contributed by atoms with E-state index in [1.807, 2.05) is 0 Å². The molecule has 1 N–H and O–H groups in total. The first-order chi connectivity index (χ1) is 14.7. The van der Waals surface area contributed by atoms with Crippen molar-refractivity contribution in [2.75, 3.05) is 18.4 Å². The molecule has 12 heteroatoms. The fraction of sp³-hybridized carbons (Fsp3) is 0.368. The second kappa shape index (κ2) is 8.65. The summed E-state index contributed by atoms with van der Waals surface area (Å²) in [7, 11) is -3.77. The van der Waals surface area contributed by atoms with E-state index in [9.17, 15) is 13.2 Å². The van der Waals surface area contributed by atoms with Crippen LogP contribution in [0.3, 0.4) is 0 Å². The normalized spacial score (nSPS) is 17.6. The van der Waals surface area contributed by atoms with E-state index in [2.05, 4.69) is 20.4 Å². The highest BCUT2D eigenvalue weighted by molar-refractivity contribution is 7.89. The minimum atomic E-state index is -3.77. The molecule has 0 radical (unpaired) electrons. The number of nitrogens with one attached hydrogen (secondary N) is 1. The summed E-state index contributed by atoms with van der Waals surface area (Å²) in [6.45, 7) is 3.88. The smallest absolute Gasteiger partial charge is 0.244 e. The molecule has 0 unspecified atom stereocenters. The van der Waals surface area contributed by atoms with Crippen LogP contribution in [0.25, 0.3) is 10.7 Å². The molecule has 1 amide bonds. The molecule has 4 heterocycles. The number of amides is 1. The van der Waals surface area contributed by atoms with Gasteiger partial charge in [-0.2, -0.15) is 9.29 Å². The monoisotopic (exact) mass is 481 g/mol. The van der Waals surface area contributed by atoms with E-state index < -0.39 is 15.9 Å². The third-order valence-electron chi connectivity index (χ3n) is 4.97. The summed E-state index contributed by atoms with van der Waals surface area (Å²) in [5, 5.41) is 7.07. The van der Waals surface area contributed by atoms with Crippen LogP contribution in [0.4, 0.5) is 5.82 Å². The summed E-state index contributed by atoms with van der Waals surface area (Å²) in [6, 6.07) is 4.80. The van der Waals surface area contributed by atoms with E-state index in [-0.39, 0.29) is 17.3 Å². The molecule has 3 aromatic rings. The highest BCUT2D eigenvalue weighted by atomic mass is 35.5. The number of carbonyl (C=O) groups excluding carboxylic acids is 1. The second-order valence-electron chi connectivity index (χ2n) is 7.22. The van der Waals surface area contributed by atoms with Gasteiger partial charge in [-0.15, -0.1) is 11.3 Å². The average molecular weight is 482 g/mol. The van der Waals surface area contributed by atoms with Gasteiger partial charge in [0.15, 0.2) is 0 Å². The second-order valence-corrected chi connectivity index (χ2v) is 10.8. The fourth-order valence-electron chi connectivity index (χ4n) is 3.42. The van der Waals surface area contributed by atoms with Crippen molar-refractivity contribution in [2.24, 2.45) is 5.92 Å². The number of piperidine rings is 1. The Hall–Kier alpha value is -2.34. The van der Waals surface area contributed by atoms with E-state index in [1.165, 1.54) is 21.8 Å². The Morgan fingerprint density at radius 2 is 2.16 bits per heavy atom. The summed E-state index contributed by atoms with van der Waals surface area (Å²) in [6.07, 6.45) is 2.63. The minimum Gasteiger partial charge on any atom is -0.339 e. The number of aromatic nitrogens is 3. The van der Waals surface area contributed by atoms with Crippen LogP contribution in [0.5, 0.6) is 0 Å². The van der Waals surface area contributed by atoms with E-state index >= 15 is 0 Å². The molecule has 4 rings (SSSR count). The molecule has 0 spiro atoms. The zero-order valence-electron chi connectivity index (χ0n) is 16.8. The number of sulfonamides is 1. The predicted molar refractivity (Wildman–Crippen MR) is 116 cm³/mol. The lowest BCUT2D eigenvalue weighted by Crippen LogP contribution is -2.43. The Bertz CT molecular complexity index is 1210. The Morgan fingerprint density at radius 1 is 1.35 bits per heavy atom. The molecule has 1 saturated heterocycles. The largest absolute Gasteiger partial charge is 0.339 e. The molecular formula is C19H20ClN5O4S2. The lowest BCUT2D eigenvalue weighted by Gasteiger charge is -2.31. The number of carbonyl (C=O) groups is 1. The first-order valence-electron chi connectivity index (χ1n) is 9.58. The highest BCUT2D eigenvalue weighted by Gasteiger charge is 2.35. The van der Waals surface area contributed by atoms with Crippen molar-refractivity contribution in [2.45, 2.75) is 31.6 Å². The van der Waals surface area contributed by atoms with Crippen LogP contribution in [0, 0.1) is 19.8 Å². The first-order valence-corrected chi connectivity index (χ1v) is 12.2. The molecule has 0 aromatic carbocycles. The zero-order valence-corrected chi connectivity index (χ0v) is 19.2. The lowest BCUT2D eigenvalue weighted by atomic mass is 9.99. The van der Waals surface area contributed by atoms with Crippen molar-refractivity contribution < 1.29 is 17.7 Å². The number of hydrogen-bond acceptors (Lipinski definition) is 8. The number of anilines is 1. The standard InChI is InChI=1S/C19H20ClN5O4S2/c1-11-16(8-15(30-11)18-22-12(2)29-24-18)31(27,28)25-7-3-4-13(10-25)19(26)23-17-6-5-14(20)9-21-17/h5-6,8-9,13H,3-4,7,10H2,1-2H3,(H,21,23,26)/t13-/m1/s1. The number of pyridine rings is 1. The van der Waals surface area contributed by atoms with Gasteiger partial charge in [0.2, 0.25) is 27.6 Å². The zero-order chi connectivity index (χ0) is 22.2. The molecule has 3 aromatic heterocycles. The third-order valence-corrected chi connectivity index (χ3v) is 8.36. The van der Waals surface area contributed by atoms with E-state index in [1.54, 1.807) is 32.0 Å². The number of thiophene rings is 1. The van der Waals surface area contributed by atoms with Gasteiger partial charge in [-0.05, 0) is 38.0 Å². The number of hydrogen-bond donors (Lipinski definition) is 1. The quantitative estimate of drug-likeness (QED) is 0.592. The van der Waals surface area contributed by atoms with Crippen molar-refractivity contribution in [3.05, 3.63) is 40.2 Å². The topological polar surface area (TPSA) is 118 Å². The summed E-state index contributed by atoms with van der Waals surface area (Å²) in [4.78, 5) is 22.4. The van der Waals surface area contributed by atoms with Crippen LogP contribution in [-0.2, 0) is 14.8 Å². The molecule has 1 atom stereocenters. The molecule has 1 aliphatic heterocycles. The third kappa shape index (κ3) is 4.64. The van der Waals surface area contributed by atoms with Crippen LogP contribution >= 0.6 is 22.9 Å². The Morgan fingerprint density at radius 3 is 2.84 bits per heavy atom. The van der Waals surface area contributed by atoms with Crippen LogP contribution in [0.1, 0.15) is 23.6 Å². The Kier molecular flexibility index (Phi) is 6.11. The maximum Gasteiger partial charge on any atom is 0.244 e. The van der Waals surface area contributed by atoms with Gasteiger partial charge in [0.25, 0.3) is 0 Å². The van der Waals surface area contributed by atoms with Crippen LogP contribution in [-0.4, -0.2) is 46.8 Å². The van der Waals surface area contributed by atoms with E-state index in [0.717, 1.165) is 0 Å². The maximum atomic E-state index is 13.3. The van der Waals surface area contributed by atoms with Gasteiger partial charge in [-0.1, -0.05) is 16.8 Å². The van der Waals surface area contributed by atoms with Crippen molar-refractivity contribution in [1.82, 2.24) is 19.4 Å².